The fourth-order valence-electron chi connectivity index (χ4n) is 8.71. The van der Waals surface area contributed by atoms with Gasteiger partial charge in [-0.25, -0.2) is 33.4 Å². The van der Waals surface area contributed by atoms with Crippen molar-refractivity contribution in [2.45, 2.75) is 142 Å². The van der Waals surface area contributed by atoms with E-state index in [4.69, 9.17) is 27.9 Å². The average molecular weight is 1150 g/mol. The minimum Gasteiger partial charge on any atom is -0.467 e. The number of rotatable bonds is 7. The quantitative estimate of drug-likeness (QED) is 0.102. The molecule has 0 aliphatic carbocycles. The number of para-hydroxylation sites is 3. The second-order valence-corrected chi connectivity index (χ2v) is 23.4. The normalized spacial score (nSPS) is 19.9. The second-order valence-electron chi connectivity index (χ2n) is 21.8. The fourth-order valence-corrected chi connectivity index (χ4v) is 9.35. The van der Waals surface area contributed by atoms with E-state index in [1.807, 2.05) is 72.8 Å². The van der Waals surface area contributed by atoms with E-state index in [-0.39, 0.29) is 39.0 Å². The molecule has 3 saturated heterocycles. The lowest BCUT2D eigenvalue weighted by atomic mass is 10.1. The molecule has 81 heavy (non-hydrogen) atoms. The first-order valence-corrected chi connectivity index (χ1v) is 27.3. The number of ether oxygens (including phenoxy) is 6. The number of aromatic nitrogens is 9. The van der Waals surface area contributed by atoms with Crippen LogP contribution in [0.1, 0.15) is 101 Å². The minimum absolute atomic E-state index is 0. The molecule has 3 fully saturated rings. The summed E-state index contributed by atoms with van der Waals surface area (Å²) in [5.41, 5.74) is 2.99. The van der Waals surface area contributed by atoms with Crippen LogP contribution in [0.3, 0.4) is 0 Å². The Bertz CT molecular complexity index is 3180. The summed E-state index contributed by atoms with van der Waals surface area (Å²) >= 11 is 0. The van der Waals surface area contributed by atoms with Crippen LogP contribution in [0.15, 0.2) is 72.8 Å². The van der Waals surface area contributed by atoms with Crippen molar-refractivity contribution < 1.29 is 69.8 Å². The molecule has 6 atom stereocenters. The zero-order valence-corrected chi connectivity index (χ0v) is 47.9. The Balaban J connectivity index is 0.000000206. The molecule has 0 spiro atoms. The molecule has 6 heterocycles. The number of hydrogen-bond donors (Lipinski definition) is 1. The smallest absolute Gasteiger partial charge is 0.411 e. The molecule has 3 aromatic carbocycles. The van der Waals surface area contributed by atoms with Crippen molar-refractivity contribution in [3.05, 3.63) is 72.8 Å². The van der Waals surface area contributed by atoms with E-state index < -0.39 is 87.3 Å². The first-order chi connectivity index (χ1) is 37.5. The van der Waals surface area contributed by atoms with E-state index in [1.165, 1.54) is 31.1 Å². The Kier molecular flexibility index (Phi) is 20.9. The molecule has 3 aromatic heterocycles. The highest BCUT2D eigenvalue weighted by Crippen LogP contribution is 2.33. The molecule has 3 aliphatic heterocycles. The van der Waals surface area contributed by atoms with E-state index in [1.54, 1.807) is 71.8 Å². The minimum atomic E-state index is -3.68. The number of aromatic amines is 1. The second kappa shape index (κ2) is 26.5. The van der Waals surface area contributed by atoms with Crippen molar-refractivity contribution in [2.75, 3.05) is 47.2 Å². The number of H-pyrrole nitrogens is 1. The van der Waals surface area contributed by atoms with Crippen molar-refractivity contribution in [1.82, 2.24) is 60.1 Å². The lowest BCUT2D eigenvalue weighted by molar-refractivity contribution is -0.146. The third kappa shape index (κ3) is 17.5. The number of amides is 3. The number of carbonyl (C=O) groups is 6. The van der Waals surface area contributed by atoms with Crippen LogP contribution >= 0.6 is 0 Å². The zero-order chi connectivity index (χ0) is 58.9. The summed E-state index contributed by atoms with van der Waals surface area (Å²) in [5, 5.41) is 27.6. The summed E-state index contributed by atoms with van der Waals surface area (Å²) in [6.45, 7) is 16.3. The maximum atomic E-state index is 12.5. The summed E-state index contributed by atoms with van der Waals surface area (Å²) < 4.78 is 59.3. The van der Waals surface area contributed by atoms with E-state index in [0.29, 0.717) is 19.4 Å². The summed E-state index contributed by atoms with van der Waals surface area (Å²) in [7, 11) is 0.138. The van der Waals surface area contributed by atoms with Crippen LogP contribution in [0.4, 0.5) is 14.4 Å². The van der Waals surface area contributed by atoms with Gasteiger partial charge in [-0.3, -0.25) is 18.9 Å². The molecule has 1 N–H and O–H groups in total. The molecular formula is C53H74N12O15S. The van der Waals surface area contributed by atoms with Crippen LogP contribution in [0.25, 0.3) is 33.1 Å². The van der Waals surface area contributed by atoms with Gasteiger partial charge in [0.1, 0.15) is 62.5 Å². The number of esters is 3. The van der Waals surface area contributed by atoms with Crippen LogP contribution in [0.5, 0.6) is 0 Å². The van der Waals surface area contributed by atoms with Crippen LogP contribution < -0.4 is 0 Å². The highest BCUT2D eigenvalue weighted by atomic mass is 32.2. The number of fused-ring (bicyclic) bond motifs is 3. The summed E-state index contributed by atoms with van der Waals surface area (Å²) in [6.07, 6.45) is -0.840. The third-order valence-electron chi connectivity index (χ3n) is 12.0. The molecule has 3 aliphatic rings. The Labute approximate surface area is 469 Å². The Morgan fingerprint density at radius 1 is 0.531 bits per heavy atom. The van der Waals surface area contributed by atoms with E-state index in [0.717, 1.165) is 44.3 Å². The van der Waals surface area contributed by atoms with Crippen molar-refractivity contribution in [3.63, 3.8) is 0 Å². The topological polar surface area (TPSA) is 314 Å². The number of methoxy groups -OCH3 is 3. The van der Waals surface area contributed by atoms with Crippen molar-refractivity contribution >= 4 is 79.4 Å². The number of likely N-dealkylation sites (tertiary alicyclic amines) is 3. The average Bonchev–Trinajstić information content (AvgIpc) is 4.34. The van der Waals surface area contributed by atoms with Crippen LogP contribution in [-0.2, 0) is 57.1 Å². The number of hydrogen-bond acceptors (Lipinski definition) is 21. The van der Waals surface area contributed by atoms with Crippen molar-refractivity contribution in [2.24, 2.45) is 0 Å². The lowest BCUT2D eigenvalue weighted by Gasteiger charge is -2.27. The molecule has 0 radical (unpaired) electrons. The molecule has 27 nitrogen and oxygen atoms in total. The number of carbonyl (C=O) groups excluding carboxylic acids is 6. The number of benzene rings is 3. The molecule has 442 valence electrons. The van der Waals surface area contributed by atoms with Crippen LogP contribution in [0, 0.1) is 0 Å². The lowest BCUT2D eigenvalue weighted by Crippen LogP contribution is -2.44. The van der Waals surface area contributed by atoms with Gasteiger partial charge < -0.3 is 28.4 Å². The predicted octanol–water partition coefficient (Wildman–Crippen LogP) is 6.42. The van der Waals surface area contributed by atoms with Crippen molar-refractivity contribution in [1.29, 1.82) is 0 Å². The number of nitrogens with one attached hydrogen (secondary N) is 1. The largest absolute Gasteiger partial charge is 0.467 e. The molecule has 0 saturated carbocycles. The summed E-state index contributed by atoms with van der Waals surface area (Å²) in [5.74, 6) is -1.57. The maximum Gasteiger partial charge on any atom is 0.411 e. The summed E-state index contributed by atoms with van der Waals surface area (Å²) in [6, 6.07) is 20.1. The first kappa shape index (κ1) is 63.8. The van der Waals surface area contributed by atoms with E-state index >= 15 is 0 Å². The SMILES string of the molecule is C.COC(=O)[C@@H]1C[C@@H](n2nc3ccccc3n2)CN1C(=O)OC(C)(C)C.COC(=O)[C@@H]1C[C@@H](n2nnc3ccccc32)CN1C(=O)OC(C)(C)C.COC(=O)[C@@H]1C[C@H](OS(C)(=O)=O)CN1C(=O)OC(C)(C)C.c1ccc2n[nH]nc2c1. The zero-order valence-electron chi connectivity index (χ0n) is 47.1. The number of nitrogens with zero attached hydrogens (tertiary/aromatic N) is 11. The Hall–Kier alpha value is -8.01. The maximum absolute atomic E-state index is 12.5. The van der Waals surface area contributed by atoms with Gasteiger partial charge in [0, 0.05) is 32.4 Å². The molecule has 9 rings (SSSR count). The van der Waals surface area contributed by atoms with Gasteiger partial charge in [-0.15, -0.1) is 5.10 Å². The highest BCUT2D eigenvalue weighted by Gasteiger charge is 2.46. The molecule has 0 bridgehead atoms. The van der Waals surface area contributed by atoms with E-state index in [2.05, 4.69) is 40.7 Å². The molecule has 6 aromatic rings. The third-order valence-corrected chi connectivity index (χ3v) is 12.6. The molecule has 28 heteroatoms. The van der Waals surface area contributed by atoms with Gasteiger partial charge in [0.15, 0.2) is 0 Å². The van der Waals surface area contributed by atoms with Crippen molar-refractivity contribution in [3.8, 4) is 0 Å². The highest BCUT2D eigenvalue weighted by molar-refractivity contribution is 7.86. The van der Waals surface area contributed by atoms with Gasteiger partial charge in [0.2, 0.25) is 0 Å². The molecular weight excluding hydrogens is 1080 g/mol. The van der Waals surface area contributed by atoms with Crippen LogP contribution in [-0.4, -0.2) is 193 Å². The Morgan fingerprint density at radius 3 is 1.32 bits per heavy atom. The fraction of sp³-hybridized carbons (Fsp3) is 0.547. The van der Waals surface area contributed by atoms with Crippen LogP contribution in [0.2, 0.25) is 0 Å². The van der Waals surface area contributed by atoms with Gasteiger partial charge in [-0.2, -0.15) is 38.8 Å². The van der Waals surface area contributed by atoms with Gasteiger partial charge in [0.25, 0.3) is 10.1 Å². The standard InChI is InChI=1S/2C17H22N4O4.C12H21NO7S.C6H5N3.CH4/c1-17(2,3)25-16(23)20-10-11(9-14(20)15(22)24-4)21-13-8-6-5-7-12(13)18-19-21;1-17(2,3)25-16(23)20-10-11(9-14(20)15(22)24-4)21-18-12-7-5-6-8-13(12)19-21;1-12(2,3)19-11(15)13-7-8(20-21(5,16)17)6-9(13)10(14)18-4;1-2-4-6-5(3-1)7-9-8-6;/h2*5-8,11,14H,9-10H2,1-4H3;8-9H,6-7H2,1-5H3;1-4H,(H,7,8,9);1H4/t2*11-,14+;8-,9-;;/m110../s1. The van der Waals surface area contributed by atoms with Gasteiger partial charge in [-0.05, 0) is 98.7 Å². The Morgan fingerprint density at radius 2 is 0.901 bits per heavy atom. The summed E-state index contributed by atoms with van der Waals surface area (Å²) in [4.78, 5) is 78.6. The monoisotopic (exact) mass is 1150 g/mol. The van der Waals surface area contributed by atoms with Gasteiger partial charge >= 0.3 is 36.2 Å². The molecule has 3 amide bonds. The van der Waals surface area contributed by atoms with E-state index in [9.17, 15) is 37.2 Å². The van der Waals surface area contributed by atoms with Gasteiger partial charge in [-0.1, -0.05) is 49.0 Å². The molecule has 0 unspecified atom stereocenters. The van der Waals surface area contributed by atoms with Gasteiger partial charge in [0.05, 0.1) is 57.8 Å². The predicted molar refractivity (Wildman–Crippen MR) is 294 cm³/mol. The first-order valence-electron chi connectivity index (χ1n) is 25.5.